The summed E-state index contributed by atoms with van der Waals surface area (Å²) in [4.78, 5) is 2.34. The van der Waals surface area contributed by atoms with Gasteiger partial charge in [-0.15, -0.1) is 0 Å². The Morgan fingerprint density at radius 1 is 1.30 bits per heavy atom. The number of hydrogen-bond donors (Lipinski definition) is 1. The summed E-state index contributed by atoms with van der Waals surface area (Å²) in [7, 11) is 6.06. The van der Waals surface area contributed by atoms with Gasteiger partial charge in [-0.2, -0.15) is 0 Å². The van der Waals surface area contributed by atoms with E-state index in [9.17, 15) is 0 Å². The van der Waals surface area contributed by atoms with E-state index >= 15 is 0 Å². The van der Waals surface area contributed by atoms with Crippen molar-refractivity contribution in [1.82, 2.24) is 4.90 Å². The molecule has 1 unspecified atom stereocenters. The van der Waals surface area contributed by atoms with Crippen molar-refractivity contribution in [2.45, 2.75) is 50.6 Å². The predicted octanol–water partition coefficient (Wildman–Crippen LogP) is 2.75. The van der Waals surface area contributed by atoms with Gasteiger partial charge in [-0.05, 0) is 51.9 Å². The lowest BCUT2D eigenvalue weighted by Crippen LogP contribution is -2.56. The summed E-state index contributed by atoms with van der Waals surface area (Å²) in [5, 5.41) is 0. The number of likely N-dealkylation sites (N-methyl/N-ethyl adjacent to an activating group) is 1. The van der Waals surface area contributed by atoms with Crippen LogP contribution in [0.25, 0.3) is 0 Å². The van der Waals surface area contributed by atoms with Crippen molar-refractivity contribution in [1.29, 1.82) is 0 Å². The summed E-state index contributed by atoms with van der Waals surface area (Å²) < 4.78 is 5.49. The first-order valence-electron chi connectivity index (χ1n) is 7.56. The molecule has 112 valence electrons. The fourth-order valence-corrected chi connectivity index (χ4v) is 3.63. The molecule has 1 aromatic carbocycles. The van der Waals surface area contributed by atoms with Crippen LogP contribution in [-0.4, -0.2) is 37.7 Å². The van der Waals surface area contributed by atoms with E-state index < -0.39 is 0 Å². The second-order valence-corrected chi connectivity index (χ2v) is 6.33. The lowest BCUT2D eigenvalue weighted by atomic mass is 9.83. The minimum absolute atomic E-state index is 0.148. The van der Waals surface area contributed by atoms with E-state index in [4.69, 9.17) is 10.5 Å². The van der Waals surface area contributed by atoms with Crippen molar-refractivity contribution in [3.8, 4) is 5.75 Å². The molecule has 0 radical (unpaired) electrons. The van der Waals surface area contributed by atoms with E-state index in [1.165, 1.54) is 36.8 Å². The van der Waals surface area contributed by atoms with E-state index in [0.29, 0.717) is 0 Å². The standard InChI is InChI=1S/C17H28N2O/c1-13-7-8-15(20-4)14(11-13)12-16(18)17(19(2)3)9-5-6-10-17/h7-8,11,16H,5-6,9-10,12,18H2,1-4H3. The molecular formula is C17H28N2O. The molecule has 0 aromatic heterocycles. The molecule has 1 aliphatic carbocycles. The molecule has 1 aromatic rings. The Kier molecular flexibility index (Phi) is 4.71. The van der Waals surface area contributed by atoms with Gasteiger partial charge in [-0.3, -0.25) is 0 Å². The molecule has 0 spiro atoms. The van der Waals surface area contributed by atoms with Crippen molar-refractivity contribution in [3.63, 3.8) is 0 Å². The van der Waals surface area contributed by atoms with Crippen LogP contribution in [0.5, 0.6) is 5.75 Å². The van der Waals surface area contributed by atoms with Gasteiger partial charge in [0.1, 0.15) is 5.75 Å². The Morgan fingerprint density at radius 2 is 1.95 bits per heavy atom. The van der Waals surface area contributed by atoms with Gasteiger partial charge in [0.05, 0.1) is 7.11 Å². The Morgan fingerprint density at radius 3 is 2.50 bits per heavy atom. The van der Waals surface area contributed by atoms with Gasteiger partial charge in [0.2, 0.25) is 0 Å². The van der Waals surface area contributed by atoms with E-state index in [-0.39, 0.29) is 11.6 Å². The Labute approximate surface area is 123 Å². The predicted molar refractivity (Wildman–Crippen MR) is 84.3 cm³/mol. The second kappa shape index (κ2) is 6.15. The zero-order valence-corrected chi connectivity index (χ0v) is 13.3. The summed E-state index contributed by atoms with van der Waals surface area (Å²) in [6.45, 7) is 2.12. The van der Waals surface area contributed by atoms with E-state index in [1.54, 1.807) is 7.11 Å². The zero-order valence-electron chi connectivity index (χ0n) is 13.3. The number of nitrogens with zero attached hydrogens (tertiary/aromatic N) is 1. The minimum Gasteiger partial charge on any atom is -0.496 e. The normalized spacial score (nSPS) is 19.3. The molecule has 0 amide bonds. The number of nitrogens with two attached hydrogens (primary N) is 1. The monoisotopic (exact) mass is 276 g/mol. The van der Waals surface area contributed by atoms with Crippen LogP contribution in [0.3, 0.4) is 0 Å². The molecule has 20 heavy (non-hydrogen) atoms. The molecule has 1 saturated carbocycles. The smallest absolute Gasteiger partial charge is 0.122 e. The topological polar surface area (TPSA) is 38.5 Å². The maximum Gasteiger partial charge on any atom is 0.122 e. The molecule has 2 N–H and O–H groups in total. The zero-order chi connectivity index (χ0) is 14.8. The third-order valence-corrected chi connectivity index (χ3v) is 4.93. The molecule has 0 saturated heterocycles. The molecule has 2 rings (SSSR count). The molecule has 1 aliphatic rings. The number of rotatable bonds is 5. The highest BCUT2D eigenvalue weighted by atomic mass is 16.5. The number of methoxy groups -OCH3 is 1. The molecular weight excluding hydrogens is 248 g/mol. The SMILES string of the molecule is COc1ccc(C)cc1CC(N)C1(N(C)C)CCCC1. The van der Waals surface area contributed by atoms with Crippen LogP contribution in [0, 0.1) is 6.92 Å². The second-order valence-electron chi connectivity index (χ2n) is 6.33. The highest BCUT2D eigenvalue weighted by Gasteiger charge is 2.41. The van der Waals surface area contributed by atoms with Gasteiger partial charge < -0.3 is 15.4 Å². The van der Waals surface area contributed by atoms with Crippen LogP contribution in [0.2, 0.25) is 0 Å². The van der Waals surface area contributed by atoms with Gasteiger partial charge >= 0.3 is 0 Å². The fourth-order valence-electron chi connectivity index (χ4n) is 3.63. The highest BCUT2D eigenvalue weighted by molar-refractivity contribution is 5.37. The van der Waals surface area contributed by atoms with Crippen LogP contribution in [0.15, 0.2) is 18.2 Å². The molecule has 0 aliphatic heterocycles. The number of aryl methyl sites for hydroxylation is 1. The van der Waals surface area contributed by atoms with Crippen LogP contribution >= 0.6 is 0 Å². The first-order valence-corrected chi connectivity index (χ1v) is 7.56. The lowest BCUT2D eigenvalue weighted by molar-refractivity contribution is 0.122. The van der Waals surface area contributed by atoms with Crippen molar-refractivity contribution >= 4 is 0 Å². The van der Waals surface area contributed by atoms with Crippen molar-refractivity contribution in [2.24, 2.45) is 5.73 Å². The maximum atomic E-state index is 6.62. The number of benzene rings is 1. The quantitative estimate of drug-likeness (QED) is 0.898. The first-order chi connectivity index (χ1) is 9.49. The third kappa shape index (κ3) is 2.84. The summed E-state index contributed by atoms with van der Waals surface area (Å²) in [6, 6.07) is 6.49. The summed E-state index contributed by atoms with van der Waals surface area (Å²) >= 11 is 0. The van der Waals surface area contributed by atoms with Gasteiger partial charge in [-0.25, -0.2) is 0 Å². The van der Waals surface area contributed by atoms with Gasteiger partial charge in [-0.1, -0.05) is 30.5 Å². The van der Waals surface area contributed by atoms with Crippen LogP contribution < -0.4 is 10.5 Å². The van der Waals surface area contributed by atoms with Gasteiger partial charge in [0.25, 0.3) is 0 Å². The van der Waals surface area contributed by atoms with Crippen LogP contribution in [-0.2, 0) is 6.42 Å². The number of hydrogen-bond acceptors (Lipinski definition) is 3. The van der Waals surface area contributed by atoms with Crippen LogP contribution in [0.4, 0.5) is 0 Å². The summed E-state index contributed by atoms with van der Waals surface area (Å²) in [6.07, 6.45) is 5.86. The molecule has 1 fully saturated rings. The molecule has 3 heteroatoms. The number of ether oxygens (including phenoxy) is 1. The molecule has 3 nitrogen and oxygen atoms in total. The fraction of sp³-hybridized carbons (Fsp3) is 0.647. The minimum atomic E-state index is 0.148. The Hall–Kier alpha value is -1.06. The van der Waals surface area contributed by atoms with E-state index in [1.807, 2.05) is 6.07 Å². The van der Waals surface area contributed by atoms with Crippen LogP contribution in [0.1, 0.15) is 36.8 Å². The van der Waals surface area contributed by atoms with Gasteiger partial charge in [0.15, 0.2) is 0 Å². The Bertz CT molecular complexity index is 450. The average Bonchev–Trinajstić information content (AvgIpc) is 2.89. The summed E-state index contributed by atoms with van der Waals surface area (Å²) in [5.74, 6) is 0.956. The first kappa shape index (κ1) is 15.3. The largest absolute Gasteiger partial charge is 0.496 e. The van der Waals surface area contributed by atoms with E-state index in [0.717, 1.165) is 12.2 Å². The van der Waals surface area contributed by atoms with E-state index in [2.05, 4.69) is 38.1 Å². The summed E-state index contributed by atoms with van der Waals surface area (Å²) in [5.41, 5.74) is 9.26. The highest BCUT2D eigenvalue weighted by Crippen LogP contribution is 2.37. The Balaban J connectivity index is 2.22. The van der Waals surface area contributed by atoms with Crippen molar-refractivity contribution in [3.05, 3.63) is 29.3 Å². The van der Waals surface area contributed by atoms with Crippen molar-refractivity contribution in [2.75, 3.05) is 21.2 Å². The maximum absolute atomic E-state index is 6.62. The molecule has 0 heterocycles. The van der Waals surface area contributed by atoms with Crippen molar-refractivity contribution < 1.29 is 4.74 Å². The molecule has 1 atom stereocenters. The average molecular weight is 276 g/mol. The lowest BCUT2D eigenvalue weighted by Gasteiger charge is -2.41. The third-order valence-electron chi connectivity index (χ3n) is 4.93. The van der Waals surface area contributed by atoms with Gasteiger partial charge in [0, 0.05) is 11.6 Å². The molecule has 0 bridgehead atoms.